The number of carbonyl (C=O) groups excluding carboxylic acids is 1. The van der Waals surface area contributed by atoms with E-state index < -0.39 is 0 Å². The Morgan fingerprint density at radius 2 is 2.16 bits per heavy atom. The van der Waals surface area contributed by atoms with E-state index in [1.54, 1.807) is 11.8 Å². The third-order valence-electron chi connectivity index (χ3n) is 4.69. The lowest BCUT2D eigenvalue weighted by molar-refractivity contribution is -0.127. The fourth-order valence-corrected chi connectivity index (χ4v) is 3.52. The van der Waals surface area contributed by atoms with Gasteiger partial charge in [0.25, 0.3) is 0 Å². The van der Waals surface area contributed by atoms with Crippen molar-refractivity contribution in [2.75, 3.05) is 20.7 Å². The molecule has 7 heteroatoms. The fourth-order valence-electron chi connectivity index (χ4n) is 3.52. The Morgan fingerprint density at radius 3 is 2.84 bits per heavy atom. The smallest absolute Gasteiger partial charge is 0.223 e. The summed E-state index contributed by atoms with van der Waals surface area (Å²) in [6, 6.07) is 3.91. The summed E-state index contributed by atoms with van der Waals surface area (Å²) in [5.41, 5.74) is 2.95. The zero-order chi connectivity index (χ0) is 18.0. The van der Waals surface area contributed by atoms with Crippen molar-refractivity contribution >= 4 is 5.91 Å². The molecule has 0 radical (unpaired) electrons. The molecule has 2 atom stereocenters. The fraction of sp³-hybridized carbons (Fsp3) is 0.500. The van der Waals surface area contributed by atoms with Crippen LogP contribution in [-0.4, -0.2) is 46.3 Å². The van der Waals surface area contributed by atoms with E-state index in [0.717, 1.165) is 29.2 Å². The van der Waals surface area contributed by atoms with Gasteiger partial charge in [-0.3, -0.25) is 14.5 Å². The van der Waals surface area contributed by atoms with Crippen molar-refractivity contribution < 1.29 is 9.53 Å². The van der Waals surface area contributed by atoms with E-state index >= 15 is 0 Å². The number of amides is 1. The minimum atomic E-state index is 0.0636. The molecule has 0 bridgehead atoms. The second-order valence-corrected chi connectivity index (χ2v) is 6.63. The molecule has 1 aliphatic rings. The van der Waals surface area contributed by atoms with Crippen LogP contribution in [-0.2, 0) is 18.4 Å². The number of hydrogen-bond donors (Lipinski definition) is 1. The van der Waals surface area contributed by atoms with Gasteiger partial charge in [0.1, 0.15) is 5.75 Å². The Morgan fingerprint density at radius 1 is 1.36 bits per heavy atom. The van der Waals surface area contributed by atoms with E-state index in [2.05, 4.69) is 15.4 Å². The number of nitrogens with zero attached hydrogens (tertiary/aromatic N) is 4. The lowest BCUT2D eigenvalue weighted by Crippen LogP contribution is -2.29. The topological polar surface area (TPSA) is 72.3 Å². The van der Waals surface area contributed by atoms with Crippen molar-refractivity contribution in [2.24, 2.45) is 13.0 Å². The van der Waals surface area contributed by atoms with E-state index in [1.807, 2.05) is 50.4 Å². The second-order valence-electron chi connectivity index (χ2n) is 6.63. The summed E-state index contributed by atoms with van der Waals surface area (Å²) in [6.45, 7) is 3.34. The van der Waals surface area contributed by atoms with Crippen LogP contribution in [0.15, 0.2) is 24.5 Å². The van der Waals surface area contributed by atoms with Gasteiger partial charge < -0.3 is 15.0 Å². The molecular formula is C18H25N5O2. The van der Waals surface area contributed by atoms with Gasteiger partial charge >= 0.3 is 0 Å². The molecule has 1 amide bonds. The highest BCUT2D eigenvalue weighted by Gasteiger charge is 2.38. The lowest BCUT2D eigenvalue weighted by Gasteiger charge is -2.24. The van der Waals surface area contributed by atoms with E-state index in [-0.39, 0.29) is 17.9 Å². The van der Waals surface area contributed by atoms with Crippen LogP contribution in [0.3, 0.4) is 0 Å². The predicted molar refractivity (Wildman–Crippen MR) is 94.1 cm³/mol. The molecule has 1 saturated heterocycles. The first-order valence-corrected chi connectivity index (χ1v) is 8.44. The number of pyridine rings is 1. The maximum atomic E-state index is 12.2. The maximum absolute atomic E-state index is 12.2. The summed E-state index contributed by atoms with van der Waals surface area (Å²) >= 11 is 0. The minimum Gasteiger partial charge on any atom is -0.497 e. The first kappa shape index (κ1) is 17.4. The molecule has 3 rings (SSSR count). The van der Waals surface area contributed by atoms with Gasteiger partial charge in [0.05, 0.1) is 25.0 Å². The molecule has 2 aromatic rings. The molecule has 25 heavy (non-hydrogen) atoms. The van der Waals surface area contributed by atoms with Gasteiger partial charge in [0.15, 0.2) is 0 Å². The quantitative estimate of drug-likeness (QED) is 0.859. The lowest BCUT2D eigenvalue weighted by atomic mass is 9.95. The largest absolute Gasteiger partial charge is 0.497 e. The molecule has 0 unspecified atom stereocenters. The minimum absolute atomic E-state index is 0.0636. The molecule has 2 aromatic heterocycles. The predicted octanol–water partition coefficient (Wildman–Crippen LogP) is 1.44. The molecule has 134 valence electrons. The number of aryl methyl sites for hydroxylation is 2. The zero-order valence-corrected chi connectivity index (χ0v) is 15.2. The number of carbonyl (C=O) groups is 1. The number of likely N-dealkylation sites (tertiary alicyclic amines) is 1. The van der Waals surface area contributed by atoms with Gasteiger partial charge in [0.2, 0.25) is 5.91 Å². The molecule has 7 nitrogen and oxygen atoms in total. The Kier molecular flexibility index (Phi) is 5.03. The summed E-state index contributed by atoms with van der Waals surface area (Å²) in [4.78, 5) is 18.5. The number of nitrogens with one attached hydrogen (secondary N) is 1. The standard InChI is InChI=1S/C18H25N5O2/c1-12-5-16(25-4)7-15(21-12)10-19-8-13-6-17(24)23(3)18(13)14-9-20-22(2)11-14/h5,7,9,11,13,18-19H,6,8,10H2,1-4H3/t13-,18+/m0/s1. The zero-order valence-electron chi connectivity index (χ0n) is 15.2. The van der Waals surface area contributed by atoms with Crippen LogP contribution in [0.2, 0.25) is 0 Å². The molecule has 1 N–H and O–H groups in total. The van der Waals surface area contributed by atoms with Crippen LogP contribution in [0.25, 0.3) is 0 Å². The number of rotatable bonds is 6. The maximum Gasteiger partial charge on any atom is 0.223 e. The average molecular weight is 343 g/mol. The van der Waals surface area contributed by atoms with Crippen LogP contribution >= 0.6 is 0 Å². The molecule has 0 aromatic carbocycles. The normalized spacial score (nSPS) is 20.3. The Bertz CT molecular complexity index is 758. The monoisotopic (exact) mass is 343 g/mol. The summed E-state index contributed by atoms with van der Waals surface area (Å²) in [5.74, 6) is 1.21. The molecular weight excluding hydrogens is 318 g/mol. The molecule has 0 saturated carbocycles. The van der Waals surface area contributed by atoms with Gasteiger partial charge in [-0.1, -0.05) is 0 Å². The highest BCUT2D eigenvalue weighted by atomic mass is 16.5. The van der Waals surface area contributed by atoms with Crippen molar-refractivity contribution in [1.29, 1.82) is 0 Å². The first-order valence-electron chi connectivity index (χ1n) is 8.44. The SMILES string of the molecule is COc1cc(C)nc(CNC[C@@H]2CC(=O)N(C)[C@H]2c2cnn(C)c2)c1. The van der Waals surface area contributed by atoms with E-state index in [4.69, 9.17) is 4.74 Å². The van der Waals surface area contributed by atoms with Crippen LogP contribution in [0.4, 0.5) is 0 Å². The van der Waals surface area contributed by atoms with Gasteiger partial charge in [-0.05, 0) is 6.92 Å². The summed E-state index contributed by atoms with van der Waals surface area (Å²) in [7, 11) is 5.42. The van der Waals surface area contributed by atoms with E-state index in [9.17, 15) is 4.79 Å². The average Bonchev–Trinajstić information content (AvgIpc) is 3.11. The van der Waals surface area contributed by atoms with E-state index in [0.29, 0.717) is 13.0 Å². The van der Waals surface area contributed by atoms with Crippen LogP contribution in [0.1, 0.15) is 29.4 Å². The highest BCUT2D eigenvalue weighted by Crippen LogP contribution is 2.36. The third kappa shape index (κ3) is 3.82. The van der Waals surface area contributed by atoms with Gasteiger partial charge in [-0.15, -0.1) is 0 Å². The first-order chi connectivity index (χ1) is 12.0. The Hall–Kier alpha value is -2.41. The number of ether oxygens (including phenoxy) is 1. The van der Waals surface area contributed by atoms with E-state index in [1.165, 1.54) is 0 Å². The molecule has 0 spiro atoms. The molecule has 1 fully saturated rings. The van der Waals surface area contributed by atoms with Gasteiger partial charge in [-0.2, -0.15) is 5.10 Å². The third-order valence-corrected chi connectivity index (χ3v) is 4.69. The Balaban J connectivity index is 1.65. The summed E-state index contributed by atoms with van der Waals surface area (Å²) in [5, 5.41) is 7.69. The summed E-state index contributed by atoms with van der Waals surface area (Å²) in [6.07, 6.45) is 4.38. The second kappa shape index (κ2) is 7.23. The number of aromatic nitrogens is 3. The van der Waals surface area contributed by atoms with Crippen LogP contribution < -0.4 is 10.1 Å². The van der Waals surface area contributed by atoms with Crippen molar-refractivity contribution in [3.05, 3.63) is 41.5 Å². The van der Waals surface area contributed by atoms with Crippen molar-refractivity contribution in [3.63, 3.8) is 0 Å². The van der Waals surface area contributed by atoms with Crippen LogP contribution in [0.5, 0.6) is 5.75 Å². The molecule has 3 heterocycles. The highest BCUT2D eigenvalue weighted by molar-refractivity contribution is 5.79. The molecule has 0 aliphatic carbocycles. The van der Waals surface area contributed by atoms with Crippen molar-refractivity contribution in [2.45, 2.75) is 25.9 Å². The van der Waals surface area contributed by atoms with Crippen molar-refractivity contribution in [1.82, 2.24) is 25.0 Å². The van der Waals surface area contributed by atoms with Gasteiger partial charge in [-0.25, -0.2) is 0 Å². The van der Waals surface area contributed by atoms with Crippen LogP contribution in [0, 0.1) is 12.8 Å². The summed E-state index contributed by atoms with van der Waals surface area (Å²) < 4.78 is 7.07. The van der Waals surface area contributed by atoms with Crippen molar-refractivity contribution in [3.8, 4) is 5.75 Å². The van der Waals surface area contributed by atoms with Gasteiger partial charge in [0, 0.05) is 69.1 Å². The Labute approximate surface area is 148 Å². The number of methoxy groups -OCH3 is 1. The number of hydrogen-bond acceptors (Lipinski definition) is 5. The molecule has 1 aliphatic heterocycles.